The first kappa shape index (κ1) is 27.8. The molecule has 0 saturated carbocycles. The zero-order chi connectivity index (χ0) is 24.6. The Morgan fingerprint density at radius 1 is 0.531 bits per heavy atom. The van der Waals surface area contributed by atoms with E-state index in [1.165, 1.54) is 27.7 Å². The van der Waals surface area contributed by atoms with Gasteiger partial charge in [-0.05, 0) is 27.7 Å². The summed E-state index contributed by atoms with van der Waals surface area (Å²) in [7, 11) is 0. The van der Waals surface area contributed by atoms with Crippen LogP contribution in [0.15, 0.2) is 0 Å². The van der Waals surface area contributed by atoms with E-state index in [0.29, 0.717) is 0 Å². The molecule has 1 aliphatic heterocycles. The van der Waals surface area contributed by atoms with Crippen LogP contribution in [0.1, 0.15) is 27.7 Å². The van der Waals surface area contributed by atoms with Crippen molar-refractivity contribution in [2.45, 2.75) is 51.9 Å². The van der Waals surface area contributed by atoms with Gasteiger partial charge in [-0.2, -0.15) is 0 Å². The number of nitrogens with zero attached hydrogens (tertiary/aromatic N) is 4. The summed E-state index contributed by atoms with van der Waals surface area (Å²) in [6.07, 6.45) is 0. The third-order valence-electron chi connectivity index (χ3n) is 6.27. The molecule has 0 aliphatic carbocycles. The lowest BCUT2D eigenvalue weighted by Gasteiger charge is -2.40. The van der Waals surface area contributed by atoms with Crippen LogP contribution in [0.25, 0.3) is 0 Å². The highest BCUT2D eigenvalue weighted by Crippen LogP contribution is 2.10. The van der Waals surface area contributed by atoms with Gasteiger partial charge in [0.05, 0.1) is 17.9 Å². The Balaban J connectivity index is 3.21. The van der Waals surface area contributed by atoms with Crippen LogP contribution in [0.5, 0.6) is 0 Å². The molecule has 0 aromatic rings. The molecular weight excluding hydrogens is 424 g/mol. The minimum atomic E-state index is -1.29. The minimum absolute atomic E-state index is 0.189. The maximum absolute atomic E-state index is 11.6. The standard InChI is InChI=1S/C20H36N4O8/c1-13(17(25)26)21-5-7-22(14(2)18(27)28)9-11-24(16(4)20(31)32)12-10-23(8-6-21)15(3)19(29)30/h13-16H,5-12H2,1-4H3,(H,25,26)(H,27,28)(H,29,30)(H,31,32)/p-3. The Kier molecular flexibility index (Phi) is 11.0. The van der Waals surface area contributed by atoms with Crippen molar-refractivity contribution >= 4 is 23.9 Å². The zero-order valence-corrected chi connectivity index (χ0v) is 19.1. The van der Waals surface area contributed by atoms with E-state index in [-0.39, 0.29) is 52.4 Å². The predicted molar refractivity (Wildman–Crippen MR) is 107 cm³/mol. The maximum atomic E-state index is 11.6. The van der Waals surface area contributed by atoms with E-state index in [2.05, 4.69) is 0 Å². The maximum Gasteiger partial charge on any atom is 0.320 e. The lowest BCUT2D eigenvalue weighted by atomic mass is 10.2. The van der Waals surface area contributed by atoms with Crippen LogP contribution >= 0.6 is 0 Å². The van der Waals surface area contributed by atoms with Gasteiger partial charge in [0.25, 0.3) is 0 Å². The molecule has 12 nitrogen and oxygen atoms in total. The summed E-state index contributed by atoms with van der Waals surface area (Å²) in [6, 6.07) is -3.77. The van der Waals surface area contributed by atoms with Gasteiger partial charge in [-0.1, -0.05) is 0 Å². The van der Waals surface area contributed by atoms with Crippen LogP contribution in [-0.2, 0) is 19.2 Å². The van der Waals surface area contributed by atoms with E-state index >= 15 is 0 Å². The highest BCUT2D eigenvalue weighted by molar-refractivity contribution is 5.73. The second-order valence-corrected chi connectivity index (χ2v) is 8.14. The molecule has 0 bridgehead atoms. The Bertz CT molecular complexity index is 548. The first-order chi connectivity index (χ1) is 14.9. The SMILES string of the molecule is CC(C(=O)[O-])N1CCN(C(C)C(=O)[O-])CCN(C(C)C(=O)O)CCN(C(C)C(=O)[O-])CC1. The van der Waals surface area contributed by atoms with E-state index in [0.717, 1.165) is 0 Å². The fourth-order valence-corrected chi connectivity index (χ4v) is 3.63. The molecule has 0 aromatic heterocycles. The Labute approximate surface area is 188 Å². The van der Waals surface area contributed by atoms with Gasteiger partial charge in [0.1, 0.15) is 6.04 Å². The Morgan fingerprint density at radius 2 is 0.719 bits per heavy atom. The van der Waals surface area contributed by atoms with Gasteiger partial charge in [0.15, 0.2) is 0 Å². The molecule has 4 atom stereocenters. The smallest absolute Gasteiger partial charge is 0.320 e. The molecule has 1 heterocycles. The van der Waals surface area contributed by atoms with Gasteiger partial charge in [-0.25, -0.2) is 0 Å². The molecule has 0 amide bonds. The first-order valence-electron chi connectivity index (χ1n) is 10.7. The molecule has 184 valence electrons. The van der Waals surface area contributed by atoms with Crippen molar-refractivity contribution in [1.29, 1.82) is 0 Å². The number of carbonyl (C=O) groups excluding carboxylic acids is 3. The molecule has 0 aromatic carbocycles. The van der Waals surface area contributed by atoms with Crippen LogP contribution < -0.4 is 15.3 Å². The highest BCUT2D eigenvalue weighted by atomic mass is 16.4. The average molecular weight is 458 g/mol. The molecule has 4 unspecified atom stereocenters. The highest BCUT2D eigenvalue weighted by Gasteiger charge is 2.27. The quantitative estimate of drug-likeness (QED) is 0.369. The number of hydrogen-bond acceptors (Lipinski definition) is 11. The van der Waals surface area contributed by atoms with Crippen molar-refractivity contribution in [3.8, 4) is 0 Å². The van der Waals surface area contributed by atoms with Crippen molar-refractivity contribution < 1.29 is 39.6 Å². The third kappa shape index (κ3) is 8.01. The van der Waals surface area contributed by atoms with Gasteiger partial charge in [0, 0.05) is 70.5 Å². The molecule has 1 aliphatic rings. The molecule has 0 radical (unpaired) electrons. The van der Waals surface area contributed by atoms with Crippen molar-refractivity contribution in [3.63, 3.8) is 0 Å². The number of hydrogen-bond donors (Lipinski definition) is 1. The monoisotopic (exact) mass is 457 g/mol. The van der Waals surface area contributed by atoms with Crippen molar-refractivity contribution in [2.75, 3.05) is 52.4 Å². The third-order valence-corrected chi connectivity index (χ3v) is 6.27. The van der Waals surface area contributed by atoms with Crippen molar-refractivity contribution in [1.82, 2.24) is 19.6 Å². The summed E-state index contributed by atoms with van der Waals surface area (Å²) in [4.78, 5) is 52.4. The molecule has 12 heteroatoms. The van der Waals surface area contributed by atoms with Crippen molar-refractivity contribution in [3.05, 3.63) is 0 Å². The summed E-state index contributed by atoms with van der Waals surface area (Å²) in [5, 5.41) is 43.8. The van der Waals surface area contributed by atoms with Gasteiger partial charge in [-0.3, -0.25) is 24.4 Å². The van der Waals surface area contributed by atoms with Crippen LogP contribution in [0, 0.1) is 0 Å². The number of carboxylic acid groups (broad SMARTS) is 4. The number of carbonyl (C=O) groups is 4. The second kappa shape index (κ2) is 12.7. The van der Waals surface area contributed by atoms with Gasteiger partial charge in [0.2, 0.25) is 0 Å². The van der Waals surface area contributed by atoms with Crippen molar-refractivity contribution in [2.24, 2.45) is 0 Å². The summed E-state index contributed by atoms with van der Waals surface area (Å²) >= 11 is 0. The van der Waals surface area contributed by atoms with Gasteiger partial charge >= 0.3 is 5.97 Å². The number of aliphatic carboxylic acids is 4. The fraction of sp³-hybridized carbons (Fsp3) is 0.800. The van der Waals surface area contributed by atoms with Gasteiger partial charge in [-0.15, -0.1) is 0 Å². The average Bonchev–Trinajstić information content (AvgIpc) is 2.72. The summed E-state index contributed by atoms with van der Waals surface area (Å²) in [5.41, 5.74) is 0. The molecule has 1 saturated heterocycles. The van der Waals surface area contributed by atoms with E-state index < -0.39 is 48.0 Å². The summed E-state index contributed by atoms with van der Waals surface area (Å²) in [6.45, 7) is 7.49. The summed E-state index contributed by atoms with van der Waals surface area (Å²) < 4.78 is 0. The largest absolute Gasteiger partial charge is 0.548 e. The van der Waals surface area contributed by atoms with Gasteiger partial charge < -0.3 is 34.8 Å². The topological polar surface area (TPSA) is 171 Å². The van der Waals surface area contributed by atoms with E-state index in [9.17, 15) is 39.6 Å². The van der Waals surface area contributed by atoms with E-state index in [1.54, 1.807) is 19.6 Å². The minimum Gasteiger partial charge on any atom is -0.548 e. The second-order valence-electron chi connectivity index (χ2n) is 8.14. The first-order valence-corrected chi connectivity index (χ1v) is 10.7. The lowest BCUT2D eigenvalue weighted by molar-refractivity contribution is -0.313. The summed E-state index contributed by atoms with van der Waals surface area (Å²) in [5.74, 6) is -4.92. The zero-order valence-electron chi connectivity index (χ0n) is 19.1. The fourth-order valence-electron chi connectivity index (χ4n) is 3.63. The number of rotatable bonds is 8. The van der Waals surface area contributed by atoms with Crippen LogP contribution in [0.2, 0.25) is 0 Å². The van der Waals surface area contributed by atoms with Crippen LogP contribution in [0.4, 0.5) is 0 Å². The molecule has 32 heavy (non-hydrogen) atoms. The molecule has 0 spiro atoms. The Hall–Kier alpha value is -2.28. The molecular formula is C20H33N4O8-3. The molecule has 1 N–H and O–H groups in total. The Morgan fingerprint density at radius 3 is 0.875 bits per heavy atom. The van der Waals surface area contributed by atoms with E-state index in [1.807, 2.05) is 0 Å². The van der Waals surface area contributed by atoms with E-state index in [4.69, 9.17) is 0 Å². The molecule has 1 fully saturated rings. The number of carboxylic acids is 4. The normalized spacial score (nSPS) is 22.6. The lowest BCUT2D eigenvalue weighted by Crippen LogP contribution is -2.57. The van der Waals surface area contributed by atoms with Crippen LogP contribution in [-0.4, -0.2) is 125 Å². The predicted octanol–water partition coefficient (Wildman–Crippen LogP) is -4.90. The van der Waals surface area contributed by atoms with Crippen LogP contribution in [0.3, 0.4) is 0 Å². The molecule has 1 rings (SSSR count).